The van der Waals surface area contributed by atoms with E-state index in [0.717, 1.165) is 16.7 Å². The van der Waals surface area contributed by atoms with Crippen molar-refractivity contribution in [3.05, 3.63) is 62.6 Å². The number of carbonyl (C=O) groups is 2. The Morgan fingerprint density at radius 3 is 2.31 bits per heavy atom. The van der Waals surface area contributed by atoms with Gasteiger partial charge in [0.05, 0.1) is 5.02 Å². The summed E-state index contributed by atoms with van der Waals surface area (Å²) in [6.45, 7) is 6.96. The van der Waals surface area contributed by atoms with Crippen molar-refractivity contribution in [3.63, 3.8) is 0 Å². The highest BCUT2D eigenvalue weighted by atomic mass is 35.5. The summed E-state index contributed by atoms with van der Waals surface area (Å²) in [5.74, 6) is -0.585. The summed E-state index contributed by atoms with van der Waals surface area (Å²) < 4.78 is 10.6. The lowest BCUT2D eigenvalue weighted by Gasteiger charge is -2.15. The smallest absolute Gasteiger partial charge is 0.347 e. The average Bonchev–Trinajstić information content (AvgIpc) is 2.58. The molecule has 0 aliphatic rings. The minimum atomic E-state index is -0.915. The van der Waals surface area contributed by atoms with Gasteiger partial charge in [0.15, 0.2) is 12.7 Å². The number of rotatable bonds is 6. The lowest BCUT2D eigenvalue weighted by Crippen LogP contribution is -2.28. The number of ketones is 1. The van der Waals surface area contributed by atoms with Crippen molar-refractivity contribution < 1.29 is 19.1 Å². The molecule has 0 fully saturated rings. The van der Waals surface area contributed by atoms with E-state index in [1.54, 1.807) is 12.1 Å². The van der Waals surface area contributed by atoms with E-state index in [1.807, 2.05) is 32.9 Å². The van der Waals surface area contributed by atoms with Gasteiger partial charge in [-0.1, -0.05) is 29.3 Å². The van der Waals surface area contributed by atoms with E-state index < -0.39 is 12.1 Å². The highest BCUT2D eigenvalue weighted by Crippen LogP contribution is 2.28. The Bertz CT molecular complexity index is 846. The summed E-state index contributed by atoms with van der Waals surface area (Å²) in [6, 6.07) is 8.44. The molecule has 0 amide bonds. The first-order valence-corrected chi connectivity index (χ1v) is 8.84. The normalized spacial score (nSPS) is 11.8. The van der Waals surface area contributed by atoms with Crippen molar-refractivity contribution in [3.8, 4) is 5.75 Å². The van der Waals surface area contributed by atoms with Crippen LogP contribution in [0.1, 0.15) is 34.0 Å². The summed E-state index contributed by atoms with van der Waals surface area (Å²) >= 11 is 11.8. The monoisotopic (exact) mass is 394 g/mol. The molecule has 0 spiro atoms. The quantitative estimate of drug-likeness (QED) is 0.504. The average molecular weight is 395 g/mol. The zero-order chi connectivity index (χ0) is 19.4. The zero-order valence-corrected chi connectivity index (χ0v) is 16.6. The Morgan fingerprint density at radius 2 is 1.65 bits per heavy atom. The molecule has 6 heteroatoms. The minimum Gasteiger partial charge on any atom is -0.477 e. The van der Waals surface area contributed by atoms with Crippen LogP contribution >= 0.6 is 23.2 Å². The third-order valence-corrected chi connectivity index (χ3v) is 4.55. The summed E-state index contributed by atoms with van der Waals surface area (Å²) in [6.07, 6.45) is -0.915. The molecule has 0 bridgehead atoms. The molecule has 138 valence electrons. The standard InChI is InChI=1S/C20H20Cl2O4/c1-11-7-13(3)16(8-12(11)2)18(23)10-25-20(24)14(4)26-19-6-5-15(21)9-17(19)22/h5-9,14H,10H2,1-4H3/t14-/m1/s1. The van der Waals surface area contributed by atoms with Crippen LogP contribution < -0.4 is 4.74 Å². The third-order valence-electron chi connectivity index (χ3n) is 4.02. The van der Waals surface area contributed by atoms with Gasteiger partial charge in [0, 0.05) is 10.6 Å². The molecule has 26 heavy (non-hydrogen) atoms. The number of hydrogen-bond donors (Lipinski definition) is 0. The largest absolute Gasteiger partial charge is 0.477 e. The summed E-state index contributed by atoms with van der Waals surface area (Å²) in [4.78, 5) is 24.5. The highest BCUT2D eigenvalue weighted by molar-refractivity contribution is 6.35. The van der Waals surface area contributed by atoms with Crippen LogP contribution in [0.15, 0.2) is 30.3 Å². The Kier molecular flexibility index (Phi) is 6.68. The molecule has 2 aromatic carbocycles. The van der Waals surface area contributed by atoms with Crippen LogP contribution in [-0.2, 0) is 9.53 Å². The Hall–Kier alpha value is -2.04. The van der Waals surface area contributed by atoms with Gasteiger partial charge in [-0.05, 0) is 68.7 Å². The van der Waals surface area contributed by atoms with Gasteiger partial charge in [0.2, 0.25) is 5.78 Å². The molecule has 2 rings (SSSR count). The van der Waals surface area contributed by atoms with Crippen LogP contribution in [0.2, 0.25) is 10.0 Å². The first-order chi connectivity index (χ1) is 12.2. The first-order valence-electron chi connectivity index (χ1n) is 8.08. The fourth-order valence-corrected chi connectivity index (χ4v) is 2.86. The van der Waals surface area contributed by atoms with Gasteiger partial charge in [-0.2, -0.15) is 0 Å². The van der Waals surface area contributed by atoms with Crippen LogP contribution in [0.5, 0.6) is 5.75 Å². The Morgan fingerprint density at radius 1 is 1.00 bits per heavy atom. The van der Waals surface area contributed by atoms with Crippen LogP contribution in [0.25, 0.3) is 0 Å². The minimum absolute atomic E-state index is 0.254. The predicted octanol–water partition coefficient (Wildman–Crippen LogP) is 5.11. The summed E-state index contributed by atoms with van der Waals surface area (Å²) in [7, 11) is 0. The third kappa shape index (κ3) is 4.99. The molecular formula is C20H20Cl2O4. The second kappa shape index (κ2) is 8.56. The number of Topliss-reactive ketones (excluding diaryl/α,β-unsaturated/α-hetero) is 1. The molecule has 0 saturated heterocycles. The first kappa shape index (κ1) is 20.3. The number of halogens is 2. The molecule has 0 aliphatic carbocycles. The van der Waals surface area contributed by atoms with E-state index in [2.05, 4.69) is 0 Å². The van der Waals surface area contributed by atoms with E-state index in [1.165, 1.54) is 13.0 Å². The van der Waals surface area contributed by atoms with Crippen LogP contribution in [0, 0.1) is 20.8 Å². The second-order valence-corrected chi connectivity index (χ2v) is 6.96. The maximum absolute atomic E-state index is 12.4. The number of hydrogen-bond acceptors (Lipinski definition) is 4. The number of aryl methyl sites for hydroxylation is 3. The van der Waals surface area contributed by atoms with Gasteiger partial charge in [-0.25, -0.2) is 4.79 Å². The van der Waals surface area contributed by atoms with Gasteiger partial charge in [0.25, 0.3) is 0 Å². The number of carbonyl (C=O) groups excluding carboxylic acids is 2. The van der Waals surface area contributed by atoms with Gasteiger partial charge in [-0.3, -0.25) is 4.79 Å². The summed E-state index contributed by atoms with van der Waals surface area (Å²) in [5, 5.41) is 0.755. The Balaban J connectivity index is 1.97. The fraction of sp³-hybridized carbons (Fsp3) is 0.300. The van der Waals surface area contributed by atoms with Crippen LogP contribution in [-0.4, -0.2) is 24.5 Å². The van der Waals surface area contributed by atoms with Crippen LogP contribution in [0.4, 0.5) is 0 Å². The maximum atomic E-state index is 12.4. The van der Waals surface area contributed by atoms with E-state index in [0.29, 0.717) is 21.4 Å². The lowest BCUT2D eigenvalue weighted by atomic mass is 9.98. The fourth-order valence-electron chi connectivity index (χ4n) is 2.40. The van der Waals surface area contributed by atoms with Crippen molar-refractivity contribution in [2.75, 3.05) is 6.61 Å². The molecule has 0 heterocycles. The molecule has 2 aromatic rings. The topological polar surface area (TPSA) is 52.6 Å². The van der Waals surface area contributed by atoms with Crippen molar-refractivity contribution in [2.24, 2.45) is 0 Å². The van der Waals surface area contributed by atoms with E-state index in [9.17, 15) is 9.59 Å². The second-order valence-electron chi connectivity index (χ2n) is 6.12. The lowest BCUT2D eigenvalue weighted by molar-refractivity contribution is -0.149. The number of ether oxygens (including phenoxy) is 2. The molecule has 0 aliphatic heterocycles. The number of esters is 1. The van der Waals surface area contributed by atoms with E-state index >= 15 is 0 Å². The maximum Gasteiger partial charge on any atom is 0.347 e. The molecule has 4 nitrogen and oxygen atoms in total. The van der Waals surface area contributed by atoms with Crippen LogP contribution in [0.3, 0.4) is 0 Å². The van der Waals surface area contributed by atoms with Crippen molar-refractivity contribution in [2.45, 2.75) is 33.8 Å². The molecule has 0 unspecified atom stereocenters. The van der Waals surface area contributed by atoms with Crippen molar-refractivity contribution in [1.29, 1.82) is 0 Å². The van der Waals surface area contributed by atoms with Gasteiger partial charge in [-0.15, -0.1) is 0 Å². The van der Waals surface area contributed by atoms with E-state index in [4.69, 9.17) is 32.7 Å². The highest BCUT2D eigenvalue weighted by Gasteiger charge is 2.20. The molecule has 0 aromatic heterocycles. The van der Waals surface area contributed by atoms with E-state index in [-0.39, 0.29) is 12.4 Å². The molecule has 0 radical (unpaired) electrons. The van der Waals surface area contributed by atoms with Gasteiger partial charge in [0.1, 0.15) is 5.75 Å². The SMILES string of the molecule is Cc1cc(C)c(C(=O)COC(=O)[C@@H](C)Oc2ccc(Cl)cc2Cl)cc1C. The molecule has 1 atom stereocenters. The molecule has 0 N–H and O–H groups in total. The summed E-state index contributed by atoms with van der Waals surface area (Å²) in [5.41, 5.74) is 3.53. The van der Waals surface area contributed by atoms with Gasteiger partial charge < -0.3 is 9.47 Å². The zero-order valence-electron chi connectivity index (χ0n) is 15.1. The number of benzene rings is 2. The molecular weight excluding hydrogens is 375 g/mol. The van der Waals surface area contributed by atoms with Crippen molar-refractivity contribution in [1.82, 2.24) is 0 Å². The predicted molar refractivity (Wildman–Crippen MR) is 102 cm³/mol. The van der Waals surface area contributed by atoms with Crippen molar-refractivity contribution >= 4 is 35.0 Å². The van der Waals surface area contributed by atoms with Gasteiger partial charge >= 0.3 is 5.97 Å². The Labute approximate surface area is 163 Å². The molecule has 0 saturated carbocycles.